The minimum Gasteiger partial charge on any atom is -0.438 e. The van der Waals surface area contributed by atoms with Crippen molar-refractivity contribution in [2.24, 2.45) is 0 Å². The van der Waals surface area contributed by atoms with Crippen molar-refractivity contribution in [2.45, 2.75) is 0 Å². The van der Waals surface area contributed by atoms with Gasteiger partial charge in [0.2, 0.25) is 5.71 Å². The zero-order valence-corrected chi connectivity index (χ0v) is 26.2. The highest BCUT2D eigenvalue weighted by atomic mass is 16.3. The summed E-state index contributed by atoms with van der Waals surface area (Å²) >= 11 is 0. The van der Waals surface area contributed by atoms with E-state index in [1.165, 1.54) is 21.7 Å². The average molecular weight is 627 g/mol. The van der Waals surface area contributed by atoms with E-state index in [9.17, 15) is 0 Å². The summed E-state index contributed by atoms with van der Waals surface area (Å²) < 4.78 is 6.03. The van der Waals surface area contributed by atoms with Gasteiger partial charge in [-0.3, -0.25) is 0 Å². The molecule has 228 valence electrons. The van der Waals surface area contributed by atoms with Crippen LogP contribution in [-0.2, 0) is 0 Å². The van der Waals surface area contributed by atoms with E-state index in [2.05, 4.69) is 132 Å². The van der Waals surface area contributed by atoms with E-state index in [1.807, 2.05) is 24.3 Å². The molecule has 0 radical (unpaired) electrons. The molecular formula is C44H26N4O. The van der Waals surface area contributed by atoms with Crippen molar-refractivity contribution in [3.8, 4) is 45.3 Å². The quantitative estimate of drug-likeness (QED) is 0.182. The number of hydrogen-bond donors (Lipinski definition) is 0. The topological polar surface area (TPSA) is 64.7 Å². The normalized spacial score (nSPS) is 11.7. The molecule has 0 aliphatic heterocycles. The summed E-state index contributed by atoms with van der Waals surface area (Å²) in [6, 6.07) is 52.6. The van der Waals surface area contributed by atoms with Crippen molar-refractivity contribution in [3.63, 3.8) is 0 Å². The van der Waals surface area contributed by atoms with Gasteiger partial charge in [0.1, 0.15) is 5.58 Å². The van der Waals surface area contributed by atoms with Gasteiger partial charge in [0.15, 0.2) is 17.5 Å². The van der Waals surface area contributed by atoms with Crippen molar-refractivity contribution >= 4 is 54.4 Å². The molecule has 7 aromatic carbocycles. The van der Waals surface area contributed by atoms with E-state index in [0.29, 0.717) is 23.2 Å². The lowest BCUT2D eigenvalue weighted by Gasteiger charge is -2.12. The molecule has 0 aliphatic rings. The van der Waals surface area contributed by atoms with E-state index < -0.39 is 0 Å². The standard InChI is InChI=1S/C44H26N4O/c1-3-12-33-27(8-1)10-5-14-34(33)29-18-21-31(22-19-29)41-46-42(32-23-24-39-38(26-32)36-16-7-25-45-44(36)49-39)48-43(47-41)37-15-6-11-30-20-17-28-9-2-4-13-35(28)40(30)37/h1-26H. The Bertz CT molecular complexity index is 2890. The van der Waals surface area contributed by atoms with Crippen molar-refractivity contribution < 1.29 is 4.42 Å². The van der Waals surface area contributed by atoms with Crippen LogP contribution in [0.4, 0.5) is 0 Å². The number of furan rings is 1. The summed E-state index contributed by atoms with van der Waals surface area (Å²) in [4.78, 5) is 19.8. The van der Waals surface area contributed by atoms with Crippen molar-refractivity contribution in [2.75, 3.05) is 0 Å². The zero-order chi connectivity index (χ0) is 32.3. The largest absolute Gasteiger partial charge is 0.438 e. The molecule has 10 rings (SSSR count). The minimum atomic E-state index is 0.593. The first-order valence-electron chi connectivity index (χ1n) is 16.3. The molecule has 0 spiro atoms. The van der Waals surface area contributed by atoms with Crippen molar-refractivity contribution in [1.82, 2.24) is 19.9 Å². The van der Waals surface area contributed by atoms with Gasteiger partial charge in [-0.2, -0.15) is 0 Å². The highest BCUT2D eigenvalue weighted by Gasteiger charge is 2.17. The number of rotatable bonds is 4. The van der Waals surface area contributed by atoms with E-state index in [4.69, 9.17) is 19.4 Å². The number of benzene rings is 7. The predicted octanol–water partition coefficient (Wildman–Crippen LogP) is 11.3. The number of hydrogen-bond acceptors (Lipinski definition) is 5. The summed E-state index contributed by atoms with van der Waals surface area (Å²) in [7, 11) is 0. The van der Waals surface area contributed by atoms with Gasteiger partial charge in [-0.1, -0.05) is 121 Å². The number of pyridine rings is 1. The first-order valence-corrected chi connectivity index (χ1v) is 16.3. The maximum Gasteiger partial charge on any atom is 0.227 e. The Morgan fingerprint density at radius 2 is 1.00 bits per heavy atom. The molecule has 0 saturated heterocycles. The molecule has 0 N–H and O–H groups in total. The molecule has 10 aromatic rings. The lowest BCUT2D eigenvalue weighted by Crippen LogP contribution is -2.00. The Morgan fingerprint density at radius 3 is 1.86 bits per heavy atom. The maximum atomic E-state index is 6.03. The monoisotopic (exact) mass is 626 g/mol. The molecule has 0 aliphatic carbocycles. The van der Waals surface area contributed by atoms with E-state index in [1.54, 1.807) is 6.20 Å². The summed E-state index contributed by atoms with van der Waals surface area (Å²) in [5.74, 6) is 1.83. The van der Waals surface area contributed by atoms with Gasteiger partial charge in [0, 0.05) is 39.0 Å². The van der Waals surface area contributed by atoms with Gasteiger partial charge < -0.3 is 4.42 Å². The van der Waals surface area contributed by atoms with Gasteiger partial charge in [0.05, 0.1) is 0 Å². The Morgan fingerprint density at radius 1 is 0.388 bits per heavy atom. The first kappa shape index (κ1) is 27.4. The van der Waals surface area contributed by atoms with Crippen molar-refractivity contribution in [3.05, 3.63) is 158 Å². The fourth-order valence-electron chi connectivity index (χ4n) is 7.03. The highest BCUT2D eigenvalue weighted by Crippen LogP contribution is 2.36. The summed E-state index contributed by atoms with van der Waals surface area (Å²) in [5.41, 5.74) is 6.48. The Hall–Kier alpha value is -6.72. The Balaban J connectivity index is 1.18. The zero-order valence-electron chi connectivity index (χ0n) is 26.2. The van der Waals surface area contributed by atoms with Crippen LogP contribution in [0.3, 0.4) is 0 Å². The molecule has 3 heterocycles. The molecular weight excluding hydrogens is 601 g/mol. The second-order valence-corrected chi connectivity index (χ2v) is 12.3. The van der Waals surface area contributed by atoms with E-state index in [-0.39, 0.29) is 0 Å². The second kappa shape index (κ2) is 10.9. The summed E-state index contributed by atoms with van der Waals surface area (Å²) in [6.07, 6.45) is 1.75. The molecule has 5 heteroatoms. The van der Waals surface area contributed by atoms with Gasteiger partial charge in [-0.15, -0.1) is 0 Å². The molecule has 0 fully saturated rings. The van der Waals surface area contributed by atoms with Crippen LogP contribution in [0, 0.1) is 0 Å². The molecule has 5 nitrogen and oxygen atoms in total. The second-order valence-electron chi connectivity index (χ2n) is 12.3. The Labute approximate surface area is 281 Å². The molecule has 0 unspecified atom stereocenters. The molecule has 0 bridgehead atoms. The average Bonchev–Trinajstić information content (AvgIpc) is 3.55. The minimum absolute atomic E-state index is 0.593. The van der Waals surface area contributed by atoms with Gasteiger partial charge >= 0.3 is 0 Å². The van der Waals surface area contributed by atoms with Crippen LogP contribution in [0.15, 0.2) is 162 Å². The first-order chi connectivity index (χ1) is 24.3. The van der Waals surface area contributed by atoms with Gasteiger partial charge in [-0.25, -0.2) is 19.9 Å². The third-order valence-corrected chi connectivity index (χ3v) is 9.40. The molecule has 0 saturated carbocycles. The molecule has 0 atom stereocenters. The van der Waals surface area contributed by atoms with Gasteiger partial charge in [0.25, 0.3) is 0 Å². The van der Waals surface area contributed by atoms with Crippen LogP contribution in [0.5, 0.6) is 0 Å². The fourth-order valence-corrected chi connectivity index (χ4v) is 7.03. The highest BCUT2D eigenvalue weighted by molar-refractivity contribution is 6.14. The maximum absolute atomic E-state index is 6.03. The fraction of sp³-hybridized carbons (Fsp3) is 0. The van der Waals surface area contributed by atoms with Crippen LogP contribution >= 0.6 is 0 Å². The van der Waals surface area contributed by atoms with Crippen molar-refractivity contribution in [1.29, 1.82) is 0 Å². The van der Waals surface area contributed by atoms with Gasteiger partial charge in [-0.05, 0) is 68.4 Å². The number of fused-ring (bicyclic) bond motifs is 7. The SMILES string of the molecule is c1ccc2c(-c3ccc(-c4nc(-c5ccc6oc7ncccc7c6c5)nc(-c5cccc6ccc7ccccc7c56)n4)cc3)cccc2c1. The van der Waals surface area contributed by atoms with Crippen LogP contribution in [-0.4, -0.2) is 19.9 Å². The number of nitrogens with zero attached hydrogens (tertiary/aromatic N) is 4. The van der Waals surface area contributed by atoms with E-state index in [0.717, 1.165) is 54.8 Å². The third-order valence-electron chi connectivity index (χ3n) is 9.40. The molecule has 3 aromatic heterocycles. The number of aromatic nitrogens is 4. The van der Waals surface area contributed by atoms with E-state index >= 15 is 0 Å². The smallest absolute Gasteiger partial charge is 0.227 e. The van der Waals surface area contributed by atoms with Crippen LogP contribution in [0.2, 0.25) is 0 Å². The summed E-state index contributed by atoms with van der Waals surface area (Å²) in [6.45, 7) is 0. The van der Waals surface area contributed by atoms with Crippen LogP contribution in [0.1, 0.15) is 0 Å². The molecule has 0 amide bonds. The lowest BCUT2D eigenvalue weighted by atomic mass is 9.97. The predicted molar refractivity (Wildman–Crippen MR) is 199 cm³/mol. The molecule has 49 heavy (non-hydrogen) atoms. The van der Waals surface area contributed by atoms with Crippen LogP contribution in [0.25, 0.3) is 99.7 Å². The lowest BCUT2D eigenvalue weighted by molar-refractivity contribution is 0.654. The third kappa shape index (κ3) is 4.55. The summed E-state index contributed by atoms with van der Waals surface area (Å²) in [5, 5.41) is 8.97. The van der Waals surface area contributed by atoms with Crippen LogP contribution < -0.4 is 0 Å². The Kier molecular flexibility index (Phi) is 6.11.